The number of hydrogen-bond donors (Lipinski definition) is 0. The zero-order valence-electron chi connectivity index (χ0n) is 16.4. The van der Waals surface area contributed by atoms with Gasteiger partial charge in [0.1, 0.15) is 5.75 Å². The smallest absolute Gasteiger partial charge is 0.226 e. The Hall–Kier alpha value is -2.79. The lowest BCUT2D eigenvalue weighted by atomic mass is 10.0. The van der Waals surface area contributed by atoms with E-state index in [-0.39, 0.29) is 5.91 Å². The average molecular weight is 411 g/mol. The number of carbonyl (C=O) groups excluding carboxylic acids is 1. The van der Waals surface area contributed by atoms with Gasteiger partial charge >= 0.3 is 0 Å². The molecule has 5 nitrogen and oxygen atoms in total. The van der Waals surface area contributed by atoms with Crippen molar-refractivity contribution in [2.45, 2.75) is 32.7 Å². The highest BCUT2D eigenvalue weighted by Gasteiger charge is 2.27. The summed E-state index contributed by atoms with van der Waals surface area (Å²) in [5, 5.41) is 4.86. The molecule has 1 aliphatic heterocycles. The van der Waals surface area contributed by atoms with E-state index in [1.807, 2.05) is 53.4 Å². The molecule has 0 bridgehead atoms. The normalized spacial score (nSPS) is 13.2. The first-order chi connectivity index (χ1) is 14.1. The van der Waals surface area contributed by atoms with Gasteiger partial charge in [-0.3, -0.25) is 4.79 Å². The lowest BCUT2D eigenvalue weighted by molar-refractivity contribution is -0.132. The van der Waals surface area contributed by atoms with E-state index in [0.717, 1.165) is 29.0 Å². The van der Waals surface area contributed by atoms with Crippen LogP contribution in [0.2, 0.25) is 5.02 Å². The molecule has 1 aliphatic rings. The van der Waals surface area contributed by atoms with Gasteiger partial charge in [0.25, 0.3) is 0 Å². The van der Waals surface area contributed by atoms with Crippen molar-refractivity contribution in [3.8, 4) is 17.1 Å². The van der Waals surface area contributed by atoms with Gasteiger partial charge in [-0.1, -0.05) is 35.8 Å². The second kappa shape index (κ2) is 8.70. The topological polar surface area (TPSA) is 55.6 Å². The van der Waals surface area contributed by atoms with E-state index in [2.05, 4.69) is 12.1 Å². The molecule has 0 spiro atoms. The van der Waals surface area contributed by atoms with Crippen molar-refractivity contribution < 1.29 is 14.1 Å². The van der Waals surface area contributed by atoms with Gasteiger partial charge in [-0.25, -0.2) is 0 Å². The summed E-state index contributed by atoms with van der Waals surface area (Å²) >= 11 is 5.98. The number of amides is 1. The Balaban J connectivity index is 1.37. The number of halogens is 1. The molecule has 1 aromatic heterocycles. The molecule has 2 aromatic carbocycles. The highest BCUT2D eigenvalue weighted by atomic mass is 35.5. The molecule has 6 heteroatoms. The van der Waals surface area contributed by atoms with E-state index in [1.165, 1.54) is 5.56 Å². The van der Waals surface area contributed by atoms with Gasteiger partial charge < -0.3 is 14.2 Å². The number of nitrogens with zero attached hydrogens (tertiary/aromatic N) is 2. The van der Waals surface area contributed by atoms with Crippen LogP contribution >= 0.6 is 11.6 Å². The van der Waals surface area contributed by atoms with Crippen molar-refractivity contribution in [3.05, 3.63) is 70.4 Å². The maximum Gasteiger partial charge on any atom is 0.226 e. The maximum absolute atomic E-state index is 12.7. The van der Waals surface area contributed by atoms with Crippen LogP contribution in [-0.2, 0) is 24.2 Å². The van der Waals surface area contributed by atoms with Crippen molar-refractivity contribution in [1.29, 1.82) is 0 Å². The highest BCUT2D eigenvalue weighted by Crippen LogP contribution is 2.31. The van der Waals surface area contributed by atoms with E-state index in [9.17, 15) is 4.79 Å². The van der Waals surface area contributed by atoms with Crippen LogP contribution in [0, 0.1) is 0 Å². The number of hydrogen-bond acceptors (Lipinski definition) is 4. The first-order valence-corrected chi connectivity index (χ1v) is 10.2. The number of carbonyl (C=O) groups is 1. The molecule has 3 aromatic rings. The fourth-order valence-corrected chi connectivity index (χ4v) is 3.62. The Labute approximate surface area is 175 Å². The molecule has 0 saturated carbocycles. The van der Waals surface area contributed by atoms with Crippen LogP contribution in [-0.4, -0.2) is 29.1 Å². The molecule has 4 rings (SSSR count). The van der Waals surface area contributed by atoms with Crippen LogP contribution in [0.25, 0.3) is 11.3 Å². The van der Waals surface area contributed by atoms with Crippen molar-refractivity contribution in [1.82, 2.24) is 10.1 Å². The second-order valence-corrected chi connectivity index (χ2v) is 7.54. The van der Waals surface area contributed by atoms with E-state index < -0.39 is 0 Å². The average Bonchev–Trinajstić information content (AvgIpc) is 3.18. The standard InChI is InChI=1S/C23H23ClN2O3/c1-2-16-3-9-19(10-4-16)28-14-12-22(27)26-13-11-21-20(15-26)23(29-25-21)17-5-7-18(24)8-6-17/h3-10H,2,11-15H2,1H3. The van der Waals surface area contributed by atoms with Gasteiger partial charge in [0, 0.05) is 29.1 Å². The van der Waals surface area contributed by atoms with E-state index in [0.29, 0.717) is 43.3 Å². The Morgan fingerprint density at radius 3 is 2.66 bits per heavy atom. The molecular weight excluding hydrogens is 388 g/mol. The second-order valence-electron chi connectivity index (χ2n) is 7.11. The van der Waals surface area contributed by atoms with Crippen molar-refractivity contribution in [2.24, 2.45) is 0 Å². The van der Waals surface area contributed by atoms with Crippen LogP contribution in [0.5, 0.6) is 5.75 Å². The van der Waals surface area contributed by atoms with Gasteiger partial charge in [0.05, 0.1) is 25.3 Å². The number of fused-ring (bicyclic) bond motifs is 1. The Bertz CT molecular complexity index is 980. The predicted octanol–water partition coefficient (Wildman–Crippen LogP) is 4.91. The van der Waals surface area contributed by atoms with Crippen molar-refractivity contribution in [2.75, 3.05) is 13.2 Å². The van der Waals surface area contributed by atoms with Crippen LogP contribution in [0.1, 0.15) is 30.2 Å². The summed E-state index contributed by atoms with van der Waals surface area (Å²) in [5.74, 6) is 1.57. The number of aromatic nitrogens is 1. The number of aryl methyl sites for hydroxylation is 1. The fraction of sp³-hybridized carbons (Fsp3) is 0.304. The third-order valence-electron chi connectivity index (χ3n) is 5.21. The lowest BCUT2D eigenvalue weighted by Crippen LogP contribution is -2.36. The minimum atomic E-state index is 0.0732. The van der Waals surface area contributed by atoms with Crippen LogP contribution in [0.4, 0.5) is 0 Å². The molecule has 0 atom stereocenters. The van der Waals surface area contributed by atoms with Crippen molar-refractivity contribution in [3.63, 3.8) is 0 Å². The zero-order valence-corrected chi connectivity index (χ0v) is 17.1. The Kier molecular flexibility index (Phi) is 5.86. The molecule has 0 unspecified atom stereocenters. The Morgan fingerprint density at radius 2 is 1.93 bits per heavy atom. The first kappa shape index (κ1) is 19.5. The molecule has 29 heavy (non-hydrogen) atoms. The van der Waals surface area contributed by atoms with Gasteiger partial charge in [-0.2, -0.15) is 0 Å². The molecular formula is C23H23ClN2O3. The van der Waals surface area contributed by atoms with Gasteiger partial charge in [0.15, 0.2) is 5.76 Å². The molecule has 0 radical (unpaired) electrons. The van der Waals surface area contributed by atoms with E-state index in [4.69, 9.17) is 20.9 Å². The third-order valence-corrected chi connectivity index (χ3v) is 5.46. The molecule has 0 fully saturated rings. The zero-order chi connectivity index (χ0) is 20.2. The molecule has 150 valence electrons. The first-order valence-electron chi connectivity index (χ1n) is 9.87. The quantitative estimate of drug-likeness (QED) is 0.579. The minimum Gasteiger partial charge on any atom is -0.493 e. The van der Waals surface area contributed by atoms with Gasteiger partial charge in [-0.15, -0.1) is 0 Å². The summed E-state index contributed by atoms with van der Waals surface area (Å²) in [7, 11) is 0. The summed E-state index contributed by atoms with van der Waals surface area (Å²) in [6, 6.07) is 15.5. The molecule has 0 saturated heterocycles. The summed E-state index contributed by atoms with van der Waals surface area (Å²) in [5.41, 5.74) is 4.08. The fourth-order valence-electron chi connectivity index (χ4n) is 3.49. The summed E-state index contributed by atoms with van der Waals surface area (Å²) in [6.45, 7) is 3.62. The van der Waals surface area contributed by atoms with Crippen LogP contribution in [0.3, 0.4) is 0 Å². The molecule has 0 N–H and O–H groups in total. The third kappa shape index (κ3) is 4.46. The number of rotatable bonds is 6. The number of ether oxygens (including phenoxy) is 1. The Morgan fingerprint density at radius 1 is 1.17 bits per heavy atom. The highest BCUT2D eigenvalue weighted by molar-refractivity contribution is 6.30. The van der Waals surface area contributed by atoms with Crippen LogP contribution < -0.4 is 4.74 Å². The maximum atomic E-state index is 12.7. The largest absolute Gasteiger partial charge is 0.493 e. The SMILES string of the molecule is CCc1ccc(OCCC(=O)N2CCc3noc(-c4ccc(Cl)cc4)c3C2)cc1. The number of benzene rings is 2. The summed E-state index contributed by atoms with van der Waals surface area (Å²) in [6.07, 6.45) is 2.03. The predicted molar refractivity (Wildman–Crippen MR) is 112 cm³/mol. The summed E-state index contributed by atoms with van der Waals surface area (Å²) < 4.78 is 11.3. The lowest BCUT2D eigenvalue weighted by Gasteiger charge is -2.26. The van der Waals surface area contributed by atoms with Crippen molar-refractivity contribution >= 4 is 17.5 Å². The van der Waals surface area contributed by atoms with E-state index in [1.54, 1.807) is 0 Å². The van der Waals surface area contributed by atoms with Gasteiger partial charge in [-0.05, 0) is 48.4 Å². The molecule has 0 aliphatic carbocycles. The molecule has 2 heterocycles. The minimum absolute atomic E-state index is 0.0732. The molecule has 1 amide bonds. The van der Waals surface area contributed by atoms with E-state index >= 15 is 0 Å². The van der Waals surface area contributed by atoms with Gasteiger partial charge in [0.2, 0.25) is 5.91 Å². The monoisotopic (exact) mass is 410 g/mol. The van der Waals surface area contributed by atoms with Crippen LogP contribution in [0.15, 0.2) is 53.1 Å². The summed E-state index contributed by atoms with van der Waals surface area (Å²) in [4.78, 5) is 14.5.